The van der Waals surface area contributed by atoms with E-state index in [-0.39, 0.29) is 5.56 Å². The third-order valence-corrected chi connectivity index (χ3v) is 1.84. The lowest BCUT2D eigenvalue weighted by molar-refractivity contribution is 0.507. The van der Waals surface area contributed by atoms with E-state index in [9.17, 15) is 8.78 Å². The average molecular weight is 197 g/mol. The van der Waals surface area contributed by atoms with Crippen molar-refractivity contribution in [1.82, 2.24) is 5.32 Å². The summed E-state index contributed by atoms with van der Waals surface area (Å²) in [4.78, 5) is 0. The summed E-state index contributed by atoms with van der Waals surface area (Å²) in [5, 5.41) is 2.94. The molecule has 1 nitrogen and oxygen atoms in total. The van der Waals surface area contributed by atoms with Crippen molar-refractivity contribution < 1.29 is 8.78 Å². The molecule has 0 aliphatic rings. The van der Waals surface area contributed by atoms with Crippen LogP contribution in [0.5, 0.6) is 0 Å². The van der Waals surface area contributed by atoms with E-state index in [1.807, 2.05) is 6.92 Å². The van der Waals surface area contributed by atoms with Crippen LogP contribution in [0.4, 0.5) is 8.78 Å². The van der Waals surface area contributed by atoms with Gasteiger partial charge in [0.15, 0.2) is 11.6 Å². The first-order valence-corrected chi connectivity index (χ1v) is 4.41. The Bertz CT molecular complexity index is 345. The fraction of sp³-hybridized carbons (Fsp3) is 0.273. The topological polar surface area (TPSA) is 12.0 Å². The van der Waals surface area contributed by atoms with E-state index in [0.717, 1.165) is 11.6 Å². The fourth-order valence-electron chi connectivity index (χ4n) is 1.23. The van der Waals surface area contributed by atoms with E-state index in [4.69, 9.17) is 0 Å². The number of likely N-dealkylation sites (N-methyl/N-ethyl adjacent to an activating group) is 1. The van der Waals surface area contributed by atoms with Crippen LogP contribution in [0, 0.1) is 11.6 Å². The molecule has 0 amide bonds. The third-order valence-electron chi connectivity index (χ3n) is 1.84. The highest BCUT2D eigenvalue weighted by Crippen LogP contribution is 2.14. The van der Waals surface area contributed by atoms with Gasteiger partial charge in [0.05, 0.1) is 0 Å². The van der Waals surface area contributed by atoms with Gasteiger partial charge in [-0.15, -0.1) is 0 Å². The van der Waals surface area contributed by atoms with Crippen LogP contribution in [0.15, 0.2) is 23.8 Å². The first-order chi connectivity index (χ1) is 6.65. The van der Waals surface area contributed by atoms with Crippen molar-refractivity contribution in [3.8, 4) is 0 Å². The van der Waals surface area contributed by atoms with Crippen LogP contribution in [0.2, 0.25) is 0 Å². The highest BCUT2D eigenvalue weighted by molar-refractivity contribution is 5.53. The van der Waals surface area contributed by atoms with Crippen LogP contribution in [0.3, 0.4) is 0 Å². The van der Waals surface area contributed by atoms with E-state index in [0.29, 0.717) is 6.54 Å². The van der Waals surface area contributed by atoms with E-state index in [1.54, 1.807) is 19.2 Å². The summed E-state index contributed by atoms with van der Waals surface area (Å²) < 4.78 is 26.0. The lowest BCUT2D eigenvalue weighted by atomic mass is 10.1. The molecule has 1 aromatic rings. The molecule has 14 heavy (non-hydrogen) atoms. The van der Waals surface area contributed by atoms with Crippen molar-refractivity contribution >= 4 is 6.08 Å². The van der Waals surface area contributed by atoms with Crippen LogP contribution in [-0.4, -0.2) is 13.6 Å². The van der Waals surface area contributed by atoms with Crippen LogP contribution in [-0.2, 0) is 0 Å². The first kappa shape index (κ1) is 10.9. The maximum atomic E-state index is 13.2. The second-order valence-corrected chi connectivity index (χ2v) is 3.16. The lowest BCUT2D eigenvalue weighted by Gasteiger charge is -2.01. The van der Waals surface area contributed by atoms with Crippen molar-refractivity contribution in [1.29, 1.82) is 0 Å². The molecule has 76 valence electrons. The SMILES string of the molecule is CNCC(C)=Cc1cccc(F)c1F. The summed E-state index contributed by atoms with van der Waals surface area (Å²) in [6.45, 7) is 2.52. The summed E-state index contributed by atoms with van der Waals surface area (Å²) in [6.07, 6.45) is 1.63. The Hall–Kier alpha value is -1.22. The van der Waals surface area contributed by atoms with Gasteiger partial charge >= 0.3 is 0 Å². The summed E-state index contributed by atoms with van der Waals surface area (Å²) >= 11 is 0. The molecule has 0 radical (unpaired) electrons. The number of nitrogens with one attached hydrogen (secondary N) is 1. The van der Waals surface area contributed by atoms with Gasteiger partial charge in [-0.2, -0.15) is 0 Å². The molecule has 0 heterocycles. The van der Waals surface area contributed by atoms with Gasteiger partial charge in [0, 0.05) is 12.1 Å². The Labute approximate surface area is 82.4 Å². The molecule has 3 heteroatoms. The van der Waals surface area contributed by atoms with Gasteiger partial charge in [-0.3, -0.25) is 0 Å². The summed E-state index contributed by atoms with van der Waals surface area (Å²) in [6, 6.07) is 4.16. The molecule has 0 atom stereocenters. The maximum Gasteiger partial charge on any atom is 0.166 e. The number of hydrogen-bond acceptors (Lipinski definition) is 1. The average Bonchev–Trinajstić information content (AvgIpc) is 2.13. The van der Waals surface area contributed by atoms with Gasteiger partial charge < -0.3 is 5.32 Å². The third kappa shape index (κ3) is 2.64. The van der Waals surface area contributed by atoms with Crippen LogP contribution >= 0.6 is 0 Å². The largest absolute Gasteiger partial charge is 0.316 e. The van der Waals surface area contributed by atoms with Crippen molar-refractivity contribution in [2.75, 3.05) is 13.6 Å². The number of halogens is 2. The van der Waals surface area contributed by atoms with Crippen molar-refractivity contribution in [2.24, 2.45) is 0 Å². The fourth-order valence-corrected chi connectivity index (χ4v) is 1.23. The minimum Gasteiger partial charge on any atom is -0.316 e. The molecule has 0 saturated carbocycles. The Morgan fingerprint density at radius 2 is 2.14 bits per heavy atom. The highest BCUT2D eigenvalue weighted by atomic mass is 19.2. The maximum absolute atomic E-state index is 13.2. The minimum atomic E-state index is -0.809. The molecule has 0 aliphatic carbocycles. The molecular formula is C11H13F2N. The Morgan fingerprint density at radius 3 is 2.79 bits per heavy atom. The molecule has 0 aromatic heterocycles. The summed E-state index contributed by atoms with van der Waals surface area (Å²) in [5.74, 6) is -1.60. The van der Waals surface area contributed by atoms with Gasteiger partial charge in [-0.05, 0) is 20.0 Å². The van der Waals surface area contributed by atoms with Gasteiger partial charge in [0.25, 0.3) is 0 Å². The van der Waals surface area contributed by atoms with Gasteiger partial charge in [-0.1, -0.05) is 23.8 Å². The highest BCUT2D eigenvalue weighted by Gasteiger charge is 2.04. The second-order valence-electron chi connectivity index (χ2n) is 3.16. The molecule has 1 N–H and O–H groups in total. The molecule has 0 saturated heterocycles. The van der Waals surface area contributed by atoms with E-state index in [1.165, 1.54) is 6.07 Å². The van der Waals surface area contributed by atoms with E-state index >= 15 is 0 Å². The predicted molar refractivity (Wildman–Crippen MR) is 53.9 cm³/mol. The molecule has 0 fully saturated rings. The molecule has 1 rings (SSSR count). The van der Waals surface area contributed by atoms with E-state index < -0.39 is 11.6 Å². The summed E-state index contributed by atoms with van der Waals surface area (Å²) in [5.41, 5.74) is 1.25. The van der Waals surface area contributed by atoms with E-state index in [2.05, 4.69) is 5.32 Å². The monoisotopic (exact) mass is 197 g/mol. The zero-order valence-electron chi connectivity index (χ0n) is 8.27. The van der Waals surface area contributed by atoms with Crippen molar-refractivity contribution in [3.63, 3.8) is 0 Å². The van der Waals surface area contributed by atoms with Gasteiger partial charge in [0.1, 0.15) is 0 Å². The molecule has 0 unspecified atom stereocenters. The smallest absolute Gasteiger partial charge is 0.166 e. The van der Waals surface area contributed by atoms with Crippen LogP contribution in [0.1, 0.15) is 12.5 Å². The molecule has 0 aliphatic heterocycles. The van der Waals surface area contributed by atoms with Crippen LogP contribution < -0.4 is 5.32 Å². The summed E-state index contributed by atoms with van der Waals surface area (Å²) in [7, 11) is 1.80. The van der Waals surface area contributed by atoms with Gasteiger partial charge in [0.2, 0.25) is 0 Å². The minimum absolute atomic E-state index is 0.290. The Morgan fingerprint density at radius 1 is 1.43 bits per heavy atom. The zero-order chi connectivity index (χ0) is 10.6. The van der Waals surface area contributed by atoms with Crippen LogP contribution in [0.25, 0.3) is 6.08 Å². The zero-order valence-corrected chi connectivity index (χ0v) is 8.27. The Kier molecular flexibility index (Phi) is 3.77. The molecule has 0 spiro atoms. The molecular weight excluding hydrogens is 184 g/mol. The Balaban J connectivity index is 2.96. The number of hydrogen-bond donors (Lipinski definition) is 1. The quantitative estimate of drug-likeness (QED) is 0.785. The number of rotatable bonds is 3. The van der Waals surface area contributed by atoms with Crippen molar-refractivity contribution in [3.05, 3.63) is 41.0 Å². The molecule has 1 aromatic carbocycles. The number of benzene rings is 1. The molecule has 0 bridgehead atoms. The first-order valence-electron chi connectivity index (χ1n) is 4.41. The predicted octanol–water partition coefficient (Wildman–Crippen LogP) is 2.59. The van der Waals surface area contributed by atoms with Crippen molar-refractivity contribution in [2.45, 2.75) is 6.92 Å². The second kappa shape index (κ2) is 4.86. The standard InChI is InChI=1S/C11H13F2N/c1-8(7-14-2)6-9-4-3-5-10(12)11(9)13/h3-6,14H,7H2,1-2H3. The van der Waals surface area contributed by atoms with Gasteiger partial charge in [-0.25, -0.2) is 8.78 Å². The lowest BCUT2D eigenvalue weighted by Crippen LogP contribution is -2.08. The normalized spacial score (nSPS) is 11.9.